The van der Waals surface area contributed by atoms with Crippen LogP contribution in [0.1, 0.15) is 48.0 Å². The summed E-state index contributed by atoms with van der Waals surface area (Å²) in [5, 5.41) is 28.9. The quantitative estimate of drug-likeness (QED) is 0.547. The summed E-state index contributed by atoms with van der Waals surface area (Å²) in [6, 6.07) is 0. The van der Waals surface area contributed by atoms with E-state index in [2.05, 4.69) is 12.2 Å². The van der Waals surface area contributed by atoms with Gasteiger partial charge in [-0.2, -0.15) is 6.08 Å². The number of hydrogen-bond donors (Lipinski definition) is 0. The zero-order valence-electron chi connectivity index (χ0n) is 18.5. The molecule has 1 radical (unpaired) electrons. The van der Waals surface area contributed by atoms with Crippen LogP contribution >= 0.6 is 0 Å². The van der Waals surface area contributed by atoms with Gasteiger partial charge in [0.15, 0.2) is 0 Å². The minimum absolute atomic E-state index is 0. The maximum absolute atomic E-state index is 9.63. The van der Waals surface area contributed by atoms with Crippen LogP contribution in [0.2, 0.25) is 0 Å². The van der Waals surface area contributed by atoms with Crippen molar-refractivity contribution in [1.82, 2.24) is 0 Å². The molecule has 0 aromatic carbocycles. The molecule has 0 heterocycles. The first-order chi connectivity index (χ1) is 9.31. The van der Waals surface area contributed by atoms with Crippen LogP contribution in [0.5, 0.6) is 0 Å². The standard InChI is InChI=1S/C5H5.3C4H9O.4CH3.Ti/c1-2-4-5-3-1;3*1-4(2)3-5;;;;;/h1-3H,4H2;3*4H,3H2,1-2H3;4*1H3;/q8*-1;+3. The maximum atomic E-state index is 9.63. The van der Waals surface area contributed by atoms with Gasteiger partial charge in [0.25, 0.3) is 0 Å². The van der Waals surface area contributed by atoms with Crippen LogP contribution in [-0.4, -0.2) is 19.8 Å². The Kier molecular flexibility index (Phi) is 87.7. The predicted molar refractivity (Wildman–Crippen MR) is 106 cm³/mol. The molecular formula is C21H44O3Ti-5. The molecule has 0 saturated heterocycles. The third kappa shape index (κ3) is 95.7. The largest absolute Gasteiger partial charge is 3.00 e. The summed E-state index contributed by atoms with van der Waals surface area (Å²) >= 11 is 0. The second-order valence-electron chi connectivity index (χ2n) is 5.68. The summed E-state index contributed by atoms with van der Waals surface area (Å²) in [6.07, 6.45) is 10.0. The molecule has 1 rings (SSSR count). The average Bonchev–Trinajstić information content (AvgIpc) is 2.99. The summed E-state index contributed by atoms with van der Waals surface area (Å²) in [5.74, 6) is 0.986. The zero-order valence-corrected chi connectivity index (χ0v) is 20.1. The normalized spacial score (nSPS) is 9.28. The number of allylic oxidation sites excluding steroid dienone is 4. The third-order valence-corrected chi connectivity index (χ3v) is 1.59. The fourth-order valence-electron chi connectivity index (χ4n) is 0.340. The molecule has 0 bridgehead atoms. The van der Waals surface area contributed by atoms with Gasteiger partial charge in [0.1, 0.15) is 0 Å². The molecule has 0 aromatic rings. The Morgan fingerprint density at radius 3 is 1.00 bits per heavy atom. The van der Waals surface area contributed by atoms with Crippen LogP contribution in [0.4, 0.5) is 0 Å². The Labute approximate surface area is 176 Å². The summed E-state index contributed by atoms with van der Waals surface area (Å²) in [5.41, 5.74) is 0. The van der Waals surface area contributed by atoms with E-state index in [9.17, 15) is 15.3 Å². The molecule has 0 atom stereocenters. The molecule has 1 aliphatic carbocycles. The van der Waals surface area contributed by atoms with E-state index < -0.39 is 0 Å². The van der Waals surface area contributed by atoms with Gasteiger partial charge in [-0.15, -0.1) is 26.2 Å². The van der Waals surface area contributed by atoms with Crippen molar-refractivity contribution in [2.75, 3.05) is 19.8 Å². The molecule has 0 aromatic heterocycles. The summed E-state index contributed by atoms with van der Waals surface area (Å²) in [6.45, 7) is 11.6. The molecule has 3 nitrogen and oxygen atoms in total. The van der Waals surface area contributed by atoms with Gasteiger partial charge in [0, 0.05) is 0 Å². The smallest absolute Gasteiger partial charge is 0.854 e. The molecule has 0 unspecified atom stereocenters. The van der Waals surface area contributed by atoms with E-state index in [1.165, 1.54) is 0 Å². The molecule has 0 N–H and O–H groups in total. The van der Waals surface area contributed by atoms with Crippen molar-refractivity contribution in [3.8, 4) is 0 Å². The van der Waals surface area contributed by atoms with Crippen LogP contribution < -0.4 is 15.3 Å². The summed E-state index contributed by atoms with van der Waals surface area (Å²) in [7, 11) is 0. The van der Waals surface area contributed by atoms with Crippen LogP contribution in [-0.2, 0) is 21.7 Å². The van der Waals surface area contributed by atoms with Gasteiger partial charge in [0.2, 0.25) is 0 Å². The molecule has 0 spiro atoms. The zero-order chi connectivity index (χ0) is 16.4. The van der Waals surface area contributed by atoms with E-state index in [0.29, 0.717) is 17.8 Å². The van der Waals surface area contributed by atoms with Gasteiger partial charge in [-0.1, -0.05) is 59.3 Å². The van der Waals surface area contributed by atoms with E-state index >= 15 is 0 Å². The van der Waals surface area contributed by atoms with E-state index in [4.69, 9.17) is 0 Å². The molecule has 0 aliphatic heterocycles. The Hall–Kier alpha value is 0.0743. The van der Waals surface area contributed by atoms with E-state index in [0.717, 1.165) is 6.42 Å². The topological polar surface area (TPSA) is 69.2 Å². The molecule has 155 valence electrons. The van der Waals surface area contributed by atoms with E-state index in [-0.39, 0.29) is 71.2 Å². The van der Waals surface area contributed by atoms with Crippen LogP contribution in [0, 0.1) is 53.5 Å². The van der Waals surface area contributed by atoms with Crippen molar-refractivity contribution in [2.24, 2.45) is 17.8 Å². The minimum atomic E-state index is 0. The van der Waals surface area contributed by atoms with Crippen LogP contribution in [0.3, 0.4) is 0 Å². The van der Waals surface area contributed by atoms with Gasteiger partial charge in [0.05, 0.1) is 0 Å². The Morgan fingerprint density at radius 2 is 0.960 bits per heavy atom. The molecular weight excluding hydrogens is 348 g/mol. The molecule has 0 amide bonds. The molecule has 4 heteroatoms. The summed E-state index contributed by atoms with van der Waals surface area (Å²) in [4.78, 5) is 0. The molecule has 1 aliphatic rings. The number of rotatable bonds is 3. The van der Waals surface area contributed by atoms with Gasteiger partial charge >= 0.3 is 21.7 Å². The molecule has 25 heavy (non-hydrogen) atoms. The van der Waals surface area contributed by atoms with Crippen molar-refractivity contribution in [3.63, 3.8) is 0 Å². The second kappa shape index (κ2) is 44.0. The summed E-state index contributed by atoms with van der Waals surface area (Å²) < 4.78 is 0. The fraction of sp³-hybridized carbons (Fsp3) is 0.619. The fourth-order valence-corrected chi connectivity index (χ4v) is 0.340. The van der Waals surface area contributed by atoms with Crippen molar-refractivity contribution in [2.45, 2.75) is 48.0 Å². The third-order valence-electron chi connectivity index (χ3n) is 1.59. The number of hydrogen-bond acceptors (Lipinski definition) is 3. The Balaban J connectivity index is -0.0000000241. The van der Waals surface area contributed by atoms with Crippen LogP contribution in [0.25, 0.3) is 0 Å². The van der Waals surface area contributed by atoms with Crippen molar-refractivity contribution in [3.05, 3.63) is 54.0 Å². The van der Waals surface area contributed by atoms with Gasteiger partial charge < -0.3 is 45.0 Å². The first-order valence-electron chi connectivity index (χ1n) is 7.27. The van der Waals surface area contributed by atoms with Gasteiger partial charge in [-0.3, -0.25) is 6.08 Å². The average molecular weight is 392 g/mol. The van der Waals surface area contributed by atoms with Crippen molar-refractivity contribution < 1.29 is 37.0 Å². The first-order valence-corrected chi connectivity index (χ1v) is 7.27. The Bertz CT molecular complexity index is 184. The maximum Gasteiger partial charge on any atom is 3.00 e. The van der Waals surface area contributed by atoms with E-state index in [1.54, 1.807) is 0 Å². The monoisotopic (exact) mass is 392 g/mol. The Morgan fingerprint density at radius 1 is 0.720 bits per heavy atom. The SMILES string of the molecule is CC(C)C[O-].CC(C)C[O-].CC(C)C[O-].[C-]1=CC=CC1.[CH3-].[CH3-].[CH3-].[CH3-].[Ti+3]. The molecule has 0 fully saturated rings. The minimum Gasteiger partial charge on any atom is -0.854 e. The second-order valence-corrected chi connectivity index (χ2v) is 5.68. The van der Waals surface area contributed by atoms with Crippen LogP contribution in [0.15, 0.2) is 18.2 Å². The van der Waals surface area contributed by atoms with Crippen molar-refractivity contribution >= 4 is 0 Å². The van der Waals surface area contributed by atoms with Gasteiger partial charge in [-0.05, 0) is 0 Å². The van der Waals surface area contributed by atoms with Gasteiger partial charge in [-0.25, -0.2) is 12.2 Å². The van der Waals surface area contributed by atoms with E-state index in [1.807, 2.05) is 53.7 Å². The first kappa shape index (κ1) is 49.8. The van der Waals surface area contributed by atoms with Crippen molar-refractivity contribution in [1.29, 1.82) is 0 Å². The molecule has 0 saturated carbocycles. The predicted octanol–water partition coefficient (Wildman–Crippen LogP) is 3.11.